The van der Waals surface area contributed by atoms with Crippen LogP contribution in [0.5, 0.6) is 0 Å². The number of carbonyl (C=O) groups is 2. The van der Waals surface area contributed by atoms with Crippen LogP contribution in [0.4, 0.5) is 0 Å². The molecule has 2 heterocycles. The van der Waals surface area contributed by atoms with E-state index in [0.717, 1.165) is 24.9 Å². The zero-order valence-electron chi connectivity index (χ0n) is 11.4. The van der Waals surface area contributed by atoms with Crippen LogP contribution in [0.25, 0.3) is 0 Å². The molecule has 104 valence electrons. The Kier molecular flexibility index (Phi) is 3.04. The maximum Gasteiger partial charge on any atom is 0.272 e. The maximum absolute atomic E-state index is 12.2. The van der Waals surface area contributed by atoms with Gasteiger partial charge in [-0.2, -0.15) is 0 Å². The minimum atomic E-state index is -0.633. The second-order valence-electron chi connectivity index (χ2n) is 5.36. The molecule has 5 heteroatoms. The summed E-state index contributed by atoms with van der Waals surface area (Å²) in [4.78, 5) is 30.1. The molecule has 0 aliphatic carbocycles. The van der Waals surface area contributed by atoms with E-state index in [1.54, 1.807) is 11.8 Å². The van der Waals surface area contributed by atoms with Crippen LogP contribution in [0.15, 0.2) is 35.3 Å². The normalized spacial score (nSPS) is 25.6. The van der Waals surface area contributed by atoms with E-state index in [1.807, 2.05) is 30.3 Å². The highest BCUT2D eigenvalue weighted by atomic mass is 16.2. The van der Waals surface area contributed by atoms with E-state index in [-0.39, 0.29) is 11.8 Å². The Hall–Kier alpha value is -2.17. The zero-order valence-corrected chi connectivity index (χ0v) is 11.4. The minimum absolute atomic E-state index is 0.0293. The minimum Gasteiger partial charge on any atom is -0.339 e. The number of amides is 2. The predicted octanol–water partition coefficient (Wildman–Crippen LogP) is 0.944. The van der Waals surface area contributed by atoms with Crippen molar-refractivity contribution in [2.75, 3.05) is 13.1 Å². The Morgan fingerprint density at radius 2 is 2.10 bits per heavy atom. The third-order valence-corrected chi connectivity index (χ3v) is 3.85. The number of hydrogen-bond donors (Lipinski definition) is 1. The summed E-state index contributed by atoms with van der Waals surface area (Å²) in [6, 6.07) is 9.44. The van der Waals surface area contributed by atoms with Crippen LogP contribution >= 0.6 is 0 Å². The van der Waals surface area contributed by atoms with Gasteiger partial charge in [-0.3, -0.25) is 9.59 Å². The van der Waals surface area contributed by atoms with Crippen molar-refractivity contribution in [3.8, 4) is 0 Å². The van der Waals surface area contributed by atoms with Crippen LogP contribution in [-0.2, 0) is 9.59 Å². The molecule has 2 amide bonds. The number of carbonyl (C=O) groups excluding carboxylic acids is 2. The highest BCUT2D eigenvalue weighted by molar-refractivity contribution is 6.46. The SMILES string of the molecule is CC(=O)N1CCCC2(C1)N=C(c1ccccc1)C(=O)N2. The van der Waals surface area contributed by atoms with Crippen LogP contribution in [-0.4, -0.2) is 41.2 Å². The van der Waals surface area contributed by atoms with Crippen molar-refractivity contribution in [1.82, 2.24) is 10.2 Å². The summed E-state index contributed by atoms with van der Waals surface area (Å²) in [7, 11) is 0. The standard InChI is InChI=1S/C15H17N3O2/c1-11(19)18-9-5-8-15(10-18)16-13(14(20)17-15)12-6-3-2-4-7-12/h2-4,6-7H,5,8-10H2,1H3,(H,17,20). The maximum atomic E-state index is 12.2. The van der Waals surface area contributed by atoms with Gasteiger partial charge < -0.3 is 10.2 Å². The zero-order chi connectivity index (χ0) is 14.2. The fourth-order valence-corrected chi connectivity index (χ4v) is 2.85. The summed E-state index contributed by atoms with van der Waals surface area (Å²) in [6.07, 6.45) is 1.63. The van der Waals surface area contributed by atoms with E-state index in [9.17, 15) is 9.59 Å². The Morgan fingerprint density at radius 1 is 1.35 bits per heavy atom. The molecular formula is C15H17N3O2. The number of aliphatic imine (C=N–C) groups is 1. The number of hydrogen-bond acceptors (Lipinski definition) is 3. The van der Waals surface area contributed by atoms with Crippen molar-refractivity contribution in [3.63, 3.8) is 0 Å². The summed E-state index contributed by atoms with van der Waals surface area (Å²) in [5.41, 5.74) is 0.657. The molecule has 2 aliphatic heterocycles. The van der Waals surface area contributed by atoms with Gasteiger partial charge in [0.25, 0.3) is 5.91 Å². The first-order valence-electron chi connectivity index (χ1n) is 6.83. The highest BCUT2D eigenvalue weighted by Crippen LogP contribution is 2.27. The van der Waals surface area contributed by atoms with E-state index in [4.69, 9.17) is 0 Å². The molecule has 0 aromatic heterocycles. The fraction of sp³-hybridized carbons (Fsp3) is 0.400. The number of likely N-dealkylation sites (tertiary alicyclic amines) is 1. The fourth-order valence-electron chi connectivity index (χ4n) is 2.85. The molecule has 0 bridgehead atoms. The Balaban J connectivity index is 1.91. The summed E-state index contributed by atoms with van der Waals surface area (Å²) in [5, 5.41) is 2.97. The molecule has 1 unspecified atom stereocenters. The van der Waals surface area contributed by atoms with Gasteiger partial charge in [-0.25, -0.2) is 4.99 Å². The van der Waals surface area contributed by atoms with Gasteiger partial charge in [0.2, 0.25) is 5.91 Å². The predicted molar refractivity (Wildman–Crippen MR) is 75.3 cm³/mol. The molecule has 1 atom stereocenters. The Morgan fingerprint density at radius 3 is 2.80 bits per heavy atom. The van der Waals surface area contributed by atoms with Gasteiger partial charge in [0.05, 0.1) is 6.54 Å². The second kappa shape index (κ2) is 4.74. The molecule has 5 nitrogen and oxygen atoms in total. The van der Waals surface area contributed by atoms with Crippen LogP contribution in [0.2, 0.25) is 0 Å². The second-order valence-corrected chi connectivity index (χ2v) is 5.36. The first-order chi connectivity index (χ1) is 9.60. The van der Waals surface area contributed by atoms with Gasteiger partial charge in [-0.05, 0) is 12.8 Å². The van der Waals surface area contributed by atoms with Gasteiger partial charge in [0, 0.05) is 19.0 Å². The molecule has 3 rings (SSSR count). The highest BCUT2D eigenvalue weighted by Gasteiger charge is 2.43. The Bertz CT molecular complexity index is 582. The van der Waals surface area contributed by atoms with Crippen LogP contribution in [0, 0.1) is 0 Å². The number of piperidine rings is 1. The lowest BCUT2D eigenvalue weighted by Gasteiger charge is -2.37. The number of nitrogens with one attached hydrogen (secondary N) is 1. The smallest absolute Gasteiger partial charge is 0.272 e. The van der Waals surface area contributed by atoms with Gasteiger partial charge in [-0.1, -0.05) is 30.3 Å². The molecule has 0 radical (unpaired) electrons. The number of rotatable bonds is 1. The third kappa shape index (κ3) is 2.19. The summed E-state index contributed by atoms with van der Waals surface area (Å²) in [6.45, 7) is 2.76. The van der Waals surface area contributed by atoms with Gasteiger partial charge in [0.1, 0.15) is 5.71 Å². The van der Waals surface area contributed by atoms with Crippen LogP contribution < -0.4 is 5.32 Å². The molecule has 1 spiro atoms. The lowest BCUT2D eigenvalue weighted by molar-refractivity contribution is -0.132. The lowest BCUT2D eigenvalue weighted by Crippen LogP contribution is -2.55. The molecule has 1 aromatic carbocycles. The van der Waals surface area contributed by atoms with Crippen molar-refractivity contribution in [3.05, 3.63) is 35.9 Å². The summed E-state index contributed by atoms with van der Waals surface area (Å²) >= 11 is 0. The van der Waals surface area contributed by atoms with Crippen molar-refractivity contribution in [2.24, 2.45) is 4.99 Å². The molecule has 2 aliphatic rings. The summed E-state index contributed by atoms with van der Waals surface area (Å²) < 4.78 is 0. The van der Waals surface area contributed by atoms with Crippen molar-refractivity contribution in [2.45, 2.75) is 25.4 Å². The lowest BCUT2D eigenvalue weighted by atomic mass is 9.99. The van der Waals surface area contributed by atoms with Crippen LogP contribution in [0.1, 0.15) is 25.3 Å². The monoisotopic (exact) mass is 271 g/mol. The van der Waals surface area contributed by atoms with E-state index in [1.165, 1.54) is 0 Å². The quantitative estimate of drug-likeness (QED) is 0.826. The van der Waals surface area contributed by atoms with E-state index in [0.29, 0.717) is 12.3 Å². The van der Waals surface area contributed by atoms with E-state index in [2.05, 4.69) is 10.3 Å². The first kappa shape index (κ1) is 12.8. The van der Waals surface area contributed by atoms with Crippen molar-refractivity contribution < 1.29 is 9.59 Å². The largest absolute Gasteiger partial charge is 0.339 e. The van der Waals surface area contributed by atoms with Gasteiger partial charge in [-0.15, -0.1) is 0 Å². The molecule has 20 heavy (non-hydrogen) atoms. The average Bonchev–Trinajstić information content (AvgIpc) is 2.76. The molecule has 1 aromatic rings. The number of nitrogens with zero attached hydrogens (tertiary/aromatic N) is 2. The molecule has 1 fully saturated rings. The van der Waals surface area contributed by atoms with Crippen LogP contribution in [0.3, 0.4) is 0 Å². The van der Waals surface area contributed by atoms with Crippen molar-refractivity contribution in [1.29, 1.82) is 0 Å². The van der Waals surface area contributed by atoms with Crippen molar-refractivity contribution >= 4 is 17.5 Å². The first-order valence-corrected chi connectivity index (χ1v) is 6.83. The number of benzene rings is 1. The molecular weight excluding hydrogens is 254 g/mol. The Labute approximate surface area is 117 Å². The third-order valence-electron chi connectivity index (χ3n) is 3.85. The average molecular weight is 271 g/mol. The molecule has 0 saturated carbocycles. The van der Waals surface area contributed by atoms with E-state index >= 15 is 0 Å². The van der Waals surface area contributed by atoms with E-state index < -0.39 is 5.66 Å². The molecule has 1 N–H and O–H groups in total. The molecule has 1 saturated heterocycles. The van der Waals surface area contributed by atoms with Gasteiger partial charge in [0.15, 0.2) is 5.66 Å². The topological polar surface area (TPSA) is 61.8 Å². The van der Waals surface area contributed by atoms with Gasteiger partial charge >= 0.3 is 0 Å². The summed E-state index contributed by atoms with van der Waals surface area (Å²) in [5.74, 6) is -0.122.